The van der Waals surface area contributed by atoms with Gasteiger partial charge in [-0.2, -0.15) is 13.2 Å². The van der Waals surface area contributed by atoms with E-state index in [9.17, 15) is 22.8 Å². The van der Waals surface area contributed by atoms with Gasteiger partial charge in [-0.05, 0) is 11.6 Å². The maximum absolute atomic E-state index is 11.4. The Hall–Kier alpha value is -3.11. The van der Waals surface area contributed by atoms with Crippen molar-refractivity contribution in [2.24, 2.45) is 11.5 Å². The number of amides is 2. The zero-order valence-corrected chi connectivity index (χ0v) is 14.0. The minimum absolute atomic E-state index is 0.0441. The van der Waals surface area contributed by atoms with Gasteiger partial charge < -0.3 is 21.5 Å². The van der Waals surface area contributed by atoms with Crippen molar-refractivity contribution in [1.29, 1.82) is 5.41 Å². The predicted octanol–water partition coefficient (Wildman–Crippen LogP) is 0.479. The number of likely N-dealkylation sites (N-methyl/N-ethyl adjacent to an activating group) is 1. The number of primary amides is 1. The number of carbonyl (C=O) groups is 3. The fraction of sp³-hybridized carbons (Fsp3) is 0.333. The monoisotopic (exact) mass is 376 g/mol. The SMILES string of the molecule is CC(=O)N(C)[C@@H](Cc1cccc(C(=N)N)c1)C(N)=O.O=C(O)C(F)(F)F. The standard InChI is InChI=1S/C13H18N4O2.C2HF3O2/c1-8(18)17(2)11(13(16)19)7-9-4-3-5-10(6-9)12(14)15;3-2(4,5)1(6)7/h3-6,11H,7H2,1-2H3,(H3,14,15)(H2,16,19);(H,6,7)/t11-;/m0./s1. The Morgan fingerprint density at radius 1 is 1.27 bits per heavy atom. The molecule has 1 rings (SSSR count). The number of carboxylic acids is 1. The summed E-state index contributed by atoms with van der Waals surface area (Å²) >= 11 is 0. The lowest BCUT2D eigenvalue weighted by molar-refractivity contribution is -0.192. The van der Waals surface area contributed by atoms with E-state index in [0.717, 1.165) is 5.56 Å². The number of alkyl halides is 3. The molecule has 0 radical (unpaired) electrons. The molecule has 1 aromatic carbocycles. The Morgan fingerprint density at radius 3 is 2.12 bits per heavy atom. The number of carboxylic acid groups (broad SMARTS) is 1. The Balaban J connectivity index is 0.000000758. The van der Waals surface area contributed by atoms with E-state index in [-0.39, 0.29) is 11.7 Å². The van der Waals surface area contributed by atoms with Crippen LogP contribution in [0.15, 0.2) is 24.3 Å². The Kier molecular flexibility index (Phi) is 8.27. The van der Waals surface area contributed by atoms with Crippen molar-refractivity contribution in [3.63, 3.8) is 0 Å². The zero-order chi connectivity index (χ0) is 20.7. The number of benzene rings is 1. The Bertz CT molecular complexity index is 692. The summed E-state index contributed by atoms with van der Waals surface area (Å²) < 4.78 is 31.7. The van der Waals surface area contributed by atoms with Crippen LogP contribution >= 0.6 is 0 Å². The van der Waals surface area contributed by atoms with Crippen LogP contribution in [-0.4, -0.2) is 52.9 Å². The number of halogens is 3. The average molecular weight is 376 g/mol. The number of rotatable bonds is 5. The fourth-order valence-corrected chi connectivity index (χ4v) is 1.74. The molecule has 144 valence electrons. The first kappa shape index (κ1) is 22.9. The minimum Gasteiger partial charge on any atom is -0.475 e. The van der Waals surface area contributed by atoms with E-state index in [1.807, 2.05) is 0 Å². The molecular formula is C15H19F3N4O4. The molecule has 6 N–H and O–H groups in total. The van der Waals surface area contributed by atoms with Crippen LogP contribution in [0.3, 0.4) is 0 Å². The van der Waals surface area contributed by atoms with Crippen molar-refractivity contribution in [3.05, 3.63) is 35.4 Å². The normalized spacial score (nSPS) is 11.6. The summed E-state index contributed by atoms with van der Waals surface area (Å²) in [7, 11) is 1.53. The van der Waals surface area contributed by atoms with Crippen molar-refractivity contribution >= 4 is 23.6 Å². The molecule has 11 heteroatoms. The molecule has 0 aromatic heterocycles. The minimum atomic E-state index is -5.08. The van der Waals surface area contributed by atoms with Gasteiger partial charge >= 0.3 is 12.1 Å². The van der Waals surface area contributed by atoms with Gasteiger partial charge in [0.05, 0.1) is 0 Å². The van der Waals surface area contributed by atoms with E-state index < -0.39 is 24.1 Å². The van der Waals surface area contributed by atoms with Crippen LogP contribution in [-0.2, 0) is 20.8 Å². The number of aliphatic carboxylic acids is 1. The highest BCUT2D eigenvalue weighted by atomic mass is 19.4. The van der Waals surface area contributed by atoms with Crippen molar-refractivity contribution in [2.45, 2.75) is 25.6 Å². The summed E-state index contributed by atoms with van der Waals surface area (Å²) in [5.74, 6) is -3.60. The van der Waals surface area contributed by atoms with E-state index in [1.54, 1.807) is 24.3 Å². The fourth-order valence-electron chi connectivity index (χ4n) is 1.74. The van der Waals surface area contributed by atoms with Crippen molar-refractivity contribution < 1.29 is 32.7 Å². The van der Waals surface area contributed by atoms with Gasteiger partial charge in [0.15, 0.2) is 0 Å². The second-order valence-corrected chi connectivity index (χ2v) is 5.17. The van der Waals surface area contributed by atoms with E-state index in [1.165, 1.54) is 18.9 Å². The quantitative estimate of drug-likeness (QED) is 0.435. The lowest BCUT2D eigenvalue weighted by atomic mass is 10.0. The van der Waals surface area contributed by atoms with Gasteiger partial charge in [-0.3, -0.25) is 15.0 Å². The molecule has 0 fully saturated rings. The molecule has 0 spiro atoms. The Morgan fingerprint density at radius 2 is 1.77 bits per heavy atom. The number of nitrogens with zero attached hydrogens (tertiary/aromatic N) is 1. The van der Waals surface area contributed by atoms with Gasteiger partial charge in [0.25, 0.3) is 0 Å². The number of nitrogens with two attached hydrogens (primary N) is 2. The molecule has 2 amide bonds. The third kappa shape index (κ3) is 7.64. The molecule has 1 atom stereocenters. The van der Waals surface area contributed by atoms with Crippen LogP contribution in [0.5, 0.6) is 0 Å². The molecule has 0 aliphatic heterocycles. The van der Waals surface area contributed by atoms with Crippen LogP contribution in [0.2, 0.25) is 0 Å². The second-order valence-electron chi connectivity index (χ2n) is 5.17. The van der Waals surface area contributed by atoms with Gasteiger partial charge in [-0.25, -0.2) is 4.79 Å². The highest BCUT2D eigenvalue weighted by Crippen LogP contribution is 2.13. The van der Waals surface area contributed by atoms with E-state index in [0.29, 0.717) is 12.0 Å². The number of amidine groups is 1. The molecule has 8 nitrogen and oxygen atoms in total. The first-order chi connectivity index (χ1) is 11.8. The summed E-state index contributed by atoms with van der Waals surface area (Å²) in [4.78, 5) is 33.0. The van der Waals surface area contributed by atoms with Gasteiger partial charge in [0.1, 0.15) is 11.9 Å². The first-order valence-electron chi connectivity index (χ1n) is 7.03. The zero-order valence-electron chi connectivity index (χ0n) is 14.0. The maximum Gasteiger partial charge on any atom is 0.490 e. The molecule has 0 unspecified atom stereocenters. The molecule has 0 bridgehead atoms. The van der Waals surface area contributed by atoms with Crippen molar-refractivity contribution in [3.8, 4) is 0 Å². The maximum atomic E-state index is 11.4. The first-order valence-corrected chi connectivity index (χ1v) is 7.03. The molecule has 0 heterocycles. The number of hydrogen-bond donors (Lipinski definition) is 4. The second kappa shape index (κ2) is 9.39. The number of hydrogen-bond acceptors (Lipinski definition) is 4. The highest BCUT2D eigenvalue weighted by Gasteiger charge is 2.38. The summed E-state index contributed by atoms with van der Waals surface area (Å²) in [5.41, 5.74) is 12.1. The topological polar surface area (TPSA) is 151 Å². The summed E-state index contributed by atoms with van der Waals surface area (Å²) in [5, 5.41) is 14.5. The van der Waals surface area contributed by atoms with Crippen LogP contribution < -0.4 is 11.5 Å². The number of nitrogens with one attached hydrogen (secondary N) is 1. The van der Waals surface area contributed by atoms with E-state index >= 15 is 0 Å². The van der Waals surface area contributed by atoms with Crippen LogP contribution in [0.25, 0.3) is 0 Å². The third-order valence-corrected chi connectivity index (χ3v) is 3.20. The van der Waals surface area contributed by atoms with Crippen LogP contribution in [0, 0.1) is 5.41 Å². The third-order valence-electron chi connectivity index (χ3n) is 3.20. The summed E-state index contributed by atoms with van der Waals surface area (Å²) in [6.07, 6.45) is -4.79. The number of carbonyl (C=O) groups excluding carboxylic acids is 2. The molecule has 26 heavy (non-hydrogen) atoms. The number of nitrogen functional groups attached to an aromatic ring is 1. The van der Waals surface area contributed by atoms with Crippen LogP contribution in [0.4, 0.5) is 13.2 Å². The lowest BCUT2D eigenvalue weighted by Gasteiger charge is -2.24. The van der Waals surface area contributed by atoms with Gasteiger partial charge in [-0.1, -0.05) is 18.2 Å². The summed E-state index contributed by atoms with van der Waals surface area (Å²) in [6, 6.07) is 6.26. The van der Waals surface area contributed by atoms with Gasteiger partial charge in [0.2, 0.25) is 11.8 Å². The molecule has 0 aliphatic rings. The molecule has 0 saturated carbocycles. The van der Waals surface area contributed by atoms with Gasteiger partial charge in [-0.15, -0.1) is 0 Å². The molecule has 0 aliphatic carbocycles. The lowest BCUT2D eigenvalue weighted by Crippen LogP contribution is -2.46. The average Bonchev–Trinajstić information content (AvgIpc) is 2.51. The highest BCUT2D eigenvalue weighted by molar-refractivity contribution is 5.95. The molecule has 1 aromatic rings. The van der Waals surface area contributed by atoms with E-state index in [4.69, 9.17) is 26.8 Å². The summed E-state index contributed by atoms with van der Waals surface area (Å²) in [6.45, 7) is 1.38. The van der Waals surface area contributed by atoms with Crippen LogP contribution in [0.1, 0.15) is 18.1 Å². The smallest absolute Gasteiger partial charge is 0.475 e. The Labute approximate surface area is 147 Å². The molecular weight excluding hydrogens is 357 g/mol. The van der Waals surface area contributed by atoms with Crippen molar-refractivity contribution in [1.82, 2.24) is 4.90 Å². The van der Waals surface area contributed by atoms with Crippen molar-refractivity contribution in [2.75, 3.05) is 7.05 Å². The predicted molar refractivity (Wildman–Crippen MR) is 86.3 cm³/mol. The van der Waals surface area contributed by atoms with E-state index in [2.05, 4.69) is 0 Å². The largest absolute Gasteiger partial charge is 0.490 e. The van der Waals surface area contributed by atoms with Gasteiger partial charge in [0, 0.05) is 26.0 Å². The molecule has 0 saturated heterocycles.